The van der Waals surface area contributed by atoms with E-state index in [-0.39, 0.29) is 22.3 Å². The van der Waals surface area contributed by atoms with Gasteiger partial charge < -0.3 is 10.1 Å². The van der Waals surface area contributed by atoms with Crippen LogP contribution in [0.25, 0.3) is 0 Å². The maximum Gasteiger partial charge on any atom is 0.274 e. The lowest BCUT2D eigenvalue weighted by Crippen LogP contribution is -2.14. The van der Waals surface area contributed by atoms with Gasteiger partial charge >= 0.3 is 0 Å². The second kappa shape index (κ2) is 7.18. The maximum atomic E-state index is 13.9. The minimum absolute atomic E-state index is 0.0162. The first-order valence-electron chi connectivity index (χ1n) is 6.89. The number of ether oxygens (including phenoxy) is 1. The number of nitrogens with one attached hydrogen (secondary N) is 1. The fraction of sp³-hybridized carbons (Fsp3) is 0. The van der Waals surface area contributed by atoms with Gasteiger partial charge in [-0.2, -0.15) is 4.39 Å². The van der Waals surface area contributed by atoms with Crippen molar-refractivity contribution in [3.8, 4) is 11.5 Å². The highest BCUT2D eigenvalue weighted by Gasteiger charge is 2.16. The number of rotatable bonds is 4. The van der Waals surface area contributed by atoms with Crippen LogP contribution in [-0.4, -0.2) is 20.9 Å². The number of carbonyl (C=O) groups is 1. The quantitative estimate of drug-likeness (QED) is 0.713. The molecule has 2 heterocycles. The number of carbonyl (C=O) groups excluding carboxylic acids is 1. The maximum absolute atomic E-state index is 13.9. The molecule has 0 aliphatic rings. The molecule has 0 radical (unpaired) electrons. The van der Waals surface area contributed by atoms with Gasteiger partial charge in [0.2, 0.25) is 5.82 Å². The van der Waals surface area contributed by atoms with Crippen LogP contribution < -0.4 is 10.1 Å². The smallest absolute Gasteiger partial charge is 0.274 e. The third kappa shape index (κ3) is 4.04. The van der Waals surface area contributed by atoms with Crippen LogP contribution in [0.15, 0.2) is 49.1 Å². The molecular weight excluding hydrogens is 354 g/mol. The predicted molar refractivity (Wildman–Crippen MR) is 85.7 cm³/mol. The Bertz CT molecular complexity index is 925. The fourth-order valence-electron chi connectivity index (χ4n) is 1.91. The highest BCUT2D eigenvalue weighted by atomic mass is 35.5. The summed E-state index contributed by atoms with van der Waals surface area (Å²) < 4.78 is 32.9. The van der Waals surface area contributed by atoms with Crippen LogP contribution >= 0.6 is 11.6 Å². The van der Waals surface area contributed by atoms with E-state index in [9.17, 15) is 13.6 Å². The molecule has 1 amide bonds. The van der Waals surface area contributed by atoms with E-state index in [0.717, 1.165) is 12.1 Å². The third-order valence-electron chi connectivity index (χ3n) is 2.97. The van der Waals surface area contributed by atoms with Crippen LogP contribution in [0.4, 0.5) is 14.5 Å². The number of hydrogen-bond acceptors (Lipinski definition) is 5. The molecule has 0 bridgehead atoms. The molecule has 0 atom stereocenters. The summed E-state index contributed by atoms with van der Waals surface area (Å²) >= 11 is 5.72. The lowest BCUT2D eigenvalue weighted by Gasteiger charge is -2.10. The van der Waals surface area contributed by atoms with Gasteiger partial charge in [0, 0.05) is 17.8 Å². The van der Waals surface area contributed by atoms with E-state index in [4.69, 9.17) is 16.3 Å². The van der Waals surface area contributed by atoms with Gasteiger partial charge in [0.25, 0.3) is 5.91 Å². The van der Waals surface area contributed by atoms with Crippen molar-refractivity contribution >= 4 is 23.2 Å². The van der Waals surface area contributed by atoms with E-state index in [1.165, 1.54) is 30.9 Å². The Kier molecular flexibility index (Phi) is 4.80. The molecule has 6 nitrogen and oxygen atoms in total. The Balaban J connectivity index is 1.86. The van der Waals surface area contributed by atoms with Crippen molar-refractivity contribution in [2.75, 3.05) is 5.32 Å². The Morgan fingerprint density at radius 3 is 2.64 bits per heavy atom. The van der Waals surface area contributed by atoms with Gasteiger partial charge in [-0.3, -0.25) is 4.79 Å². The van der Waals surface area contributed by atoms with E-state index >= 15 is 0 Å². The topological polar surface area (TPSA) is 77.0 Å². The second-order valence-corrected chi connectivity index (χ2v) is 5.13. The van der Waals surface area contributed by atoms with Gasteiger partial charge in [-0.15, -0.1) is 0 Å². The monoisotopic (exact) mass is 362 g/mol. The molecule has 0 aliphatic heterocycles. The van der Waals surface area contributed by atoms with Gasteiger partial charge in [0.05, 0.1) is 12.4 Å². The van der Waals surface area contributed by atoms with Gasteiger partial charge in [0.15, 0.2) is 17.3 Å². The van der Waals surface area contributed by atoms with Crippen LogP contribution in [0.3, 0.4) is 0 Å². The molecule has 1 aromatic carbocycles. The van der Waals surface area contributed by atoms with Crippen molar-refractivity contribution in [3.63, 3.8) is 0 Å². The molecule has 1 N–H and O–H groups in total. The summed E-state index contributed by atoms with van der Waals surface area (Å²) in [5.74, 6) is -3.35. The van der Waals surface area contributed by atoms with Crippen molar-refractivity contribution in [2.24, 2.45) is 0 Å². The van der Waals surface area contributed by atoms with Crippen LogP contribution in [0.1, 0.15) is 10.5 Å². The summed E-state index contributed by atoms with van der Waals surface area (Å²) in [4.78, 5) is 23.4. The molecule has 0 fully saturated rings. The predicted octanol–water partition coefficient (Wildman–Crippen LogP) is 3.85. The Hall–Kier alpha value is -3.13. The molecule has 0 saturated carbocycles. The van der Waals surface area contributed by atoms with Crippen LogP contribution in [0.5, 0.6) is 11.5 Å². The van der Waals surface area contributed by atoms with E-state index in [1.54, 1.807) is 6.07 Å². The van der Waals surface area contributed by atoms with Gasteiger partial charge in [-0.1, -0.05) is 17.7 Å². The highest BCUT2D eigenvalue weighted by molar-refractivity contribution is 6.29. The summed E-state index contributed by atoms with van der Waals surface area (Å²) in [6.07, 6.45) is 3.83. The molecule has 9 heteroatoms. The molecular formula is C16H9ClF2N4O2. The van der Waals surface area contributed by atoms with Crippen LogP contribution in [0.2, 0.25) is 5.15 Å². The first-order valence-corrected chi connectivity index (χ1v) is 7.26. The van der Waals surface area contributed by atoms with Crippen molar-refractivity contribution < 1.29 is 18.3 Å². The molecule has 2 aromatic heterocycles. The highest BCUT2D eigenvalue weighted by Crippen LogP contribution is 2.29. The van der Waals surface area contributed by atoms with Gasteiger partial charge in [-0.25, -0.2) is 19.3 Å². The Labute approximate surface area is 145 Å². The van der Waals surface area contributed by atoms with Crippen molar-refractivity contribution in [2.45, 2.75) is 0 Å². The molecule has 0 aliphatic carbocycles. The second-order valence-electron chi connectivity index (χ2n) is 4.75. The number of pyridine rings is 1. The zero-order valence-electron chi connectivity index (χ0n) is 12.4. The zero-order chi connectivity index (χ0) is 17.8. The molecule has 3 rings (SSSR count). The lowest BCUT2D eigenvalue weighted by molar-refractivity contribution is 0.102. The lowest BCUT2D eigenvalue weighted by atomic mass is 10.2. The third-order valence-corrected chi connectivity index (χ3v) is 3.18. The zero-order valence-corrected chi connectivity index (χ0v) is 13.2. The summed E-state index contributed by atoms with van der Waals surface area (Å²) in [6.45, 7) is 0. The molecule has 0 saturated heterocycles. The molecule has 3 aromatic rings. The summed E-state index contributed by atoms with van der Waals surface area (Å²) in [6, 6.07) is 6.43. The summed E-state index contributed by atoms with van der Waals surface area (Å²) in [5, 5.41) is 2.53. The van der Waals surface area contributed by atoms with Crippen LogP contribution in [0, 0.1) is 11.6 Å². The van der Waals surface area contributed by atoms with E-state index in [0.29, 0.717) is 0 Å². The number of halogens is 3. The minimum atomic E-state index is -1.21. The molecule has 25 heavy (non-hydrogen) atoms. The average molecular weight is 363 g/mol. The molecule has 126 valence electrons. The van der Waals surface area contributed by atoms with E-state index in [1.807, 2.05) is 0 Å². The molecule has 0 unspecified atom stereocenters. The Morgan fingerprint density at radius 2 is 1.92 bits per heavy atom. The Morgan fingerprint density at radius 1 is 1.16 bits per heavy atom. The van der Waals surface area contributed by atoms with Gasteiger partial charge in [0.1, 0.15) is 17.2 Å². The van der Waals surface area contributed by atoms with Crippen molar-refractivity contribution in [1.29, 1.82) is 0 Å². The summed E-state index contributed by atoms with van der Waals surface area (Å²) in [5.41, 5.74) is 0.00804. The normalized spacial score (nSPS) is 10.4. The largest absolute Gasteiger partial charge is 0.451 e. The van der Waals surface area contributed by atoms with Crippen molar-refractivity contribution in [1.82, 2.24) is 15.0 Å². The number of hydrogen-bond donors (Lipinski definition) is 1. The number of nitrogens with zero attached hydrogens (tertiary/aromatic N) is 3. The SMILES string of the molecule is O=C(Nc1cc(F)c(F)c(Oc2cncnc2)c1)c1cccc(Cl)n1. The van der Waals surface area contributed by atoms with E-state index in [2.05, 4.69) is 20.3 Å². The fourth-order valence-corrected chi connectivity index (χ4v) is 2.07. The first kappa shape index (κ1) is 16.7. The number of amides is 1. The number of anilines is 1. The van der Waals surface area contributed by atoms with E-state index < -0.39 is 23.3 Å². The first-order chi connectivity index (χ1) is 12.0. The number of aromatic nitrogens is 3. The van der Waals surface area contributed by atoms with Gasteiger partial charge in [-0.05, 0) is 12.1 Å². The minimum Gasteiger partial charge on any atom is -0.451 e. The standard InChI is InChI=1S/C16H9ClF2N4O2/c17-14-3-1-2-12(23-14)16(24)22-9-4-11(18)15(19)13(5-9)25-10-6-20-8-21-7-10/h1-8H,(H,22,24). The summed E-state index contributed by atoms with van der Waals surface area (Å²) in [7, 11) is 0. The van der Waals surface area contributed by atoms with Crippen LogP contribution in [-0.2, 0) is 0 Å². The average Bonchev–Trinajstić information content (AvgIpc) is 2.60. The van der Waals surface area contributed by atoms with Crippen molar-refractivity contribution in [3.05, 3.63) is 71.5 Å². The molecule has 0 spiro atoms. The number of benzene rings is 1.